The number of aliphatic hydroxyl groups is 1. The number of ketones is 1. The minimum Gasteiger partial charge on any atom is -0.508 e. The number of rotatable bonds is 8. The number of aryl methyl sites for hydroxylation is 1. The average molecular weight is 478 g/mol. The Labute approximate surface area is 202 Å². The minimum atomic E-state index is -0.795. The topological polar surface area (TPSA) is 94.0 Å². The van der Waals surface area contributed by atoms with Gasteiger partial charge >= 0.3 is 0 Å². The molecule has 0 saturated carbocycles. The predicted octanol–water partition coefficient (Wildman–Crippen LogP) is 4.35. The number of benzene rings is 2. The minimum absolute atomic E-state index is 0.0202. The maximum Gasteiger partial charge on any atom is 0.290 e. The molecular formula is C26H27N3O4S. The van der Waals surface area contributed by atoms with Crippen LogP contribution in [0.25, 0.3) is 10.6 Å². The molecule has 7 nitrogen and oxygen atoms in total. The van der Waals surface area contributed by atoms with Crippen LogP contribution in [0, 0.1) is 6.92 Å². The summed E-state index contributed by atoms with van der Waals surface area (Å²) in [5.41, 5.74) is 2.02. The van der Waals surface area contributed by atoms with Crippen LogP contribution in [-0.2, 0) is 4.79 Å². The van der Waals surface area contributed by atoms with E-state index in [-0.39, 0.29) is 11.3 Å². The van der Waals surface area contributed by atoms with Crippen LogP contribution in [0.5, 0.6) is 5.75 Å². The summed E-state index contributed by atoms with van der Waals surface area (Å²) in [6.45, 7) is 2.85. The first-order valence-corrected chi connectivity index (χ1v) is 11.8. The first kappa shape index (κ1) is 23.7. The van der Waals surface area contributed by atoms with Gasteiger partial charge in [0, 0.05) is 12.1 Å². The molecule has 1 aromatic heterocycles. The lowest BCUT2D eigenvalue weighted by molar-refractivity contribution is -0.129. The Kier molecular flexibility index (Phi) is 6.81. The highest BCUT2D eigenvalue weighted by atomic mass is 32.1. The van der Waals surface area contributed by atoms with Crippen LogP contribution in [0.1, 0.15) is 33.4 Å². The average Bonchev–Trinajstić information content (AvgIpc) is 3.32. The number of nitrogens with zero attached hydrogens (tertiary/aromatic N) is 3. The lowest BCUT2D eigenvalue weighted by Crippen LogP contribution is -2.33. The van der Waals surface area contributed by atoms with Gasteiger partial charge in [-0.25, -0.2) is 4.98 Å². The first-order valence-electron chi connectivity index (χ1n) is 11.0. The van der Waals surface area contributed by atoms with Crippen molar-refractivity contribution in [2.24, 2.45) is 0 Å². The zero-order chi connectivity index (χ0) is 24.4. The summed E-state index contributed by atoms with van der Waals surface area (Å²) in [7, 11) is 3.89. The fraction of sp³-hybridized carbons (Fsp3) is 0.269. The molecule has 0 bridgehead atoms. The summed E-state index contributed by atoms with van der Waals surface area (Å²) in [6.07, 6.45) is 0.667. The Morgan fingerprint density at radius 2 is 1.85 bits per heavy atom. The van der Waals surface area contributed by atoms with Gasteiger partial charge in [-0.15, -0.1) is 11.3 Å². The molecule has 1 aliphatic rings. The zero-order valence-corrected chi connectivity index (χ0v) is 20.2. The number of aromatic nitrogens is 1. The van der Waals surface area contributed by atoms with Gasteiger partial charge in [-0.1, -0.05) is 42.5 Å². The fourth-order valence-corrected chi connectivity index (χ4v) is 5.17. The SMILES string of the molecule is Cc1nc(-c2ccccc2)sc1C(=O)C1=C(O)C(=O)N(CCCN(C)C)C1c1cccc(O)c1. The number of hydrogen-bond donors (Lipinski definition) is 2. The second kappa shape index (κ2) is 9.79. The number of phenols is 1. The highest BCUT2D eigenvalue weighted by Crippen LogP contribution is 2.41. The van der Waals surface area contributed by atoms with Crippen molar-refractivity contribution in [1.29, 1.82) is 0 Å². The van der Waals surface area contributed by atoms with Crippen LogP contribution in [0.3, 0.4) is 0 Å². The van der Waals surface area contributed by atoms with Gasteiger partial charge in [-0.2, -0.15) is 0 Å². The van der Waals surface area contributed by atoms with E-state index in [1.165, 1.54) is 28.4 Å². The molecule has 0 radical (unpaired) electrons. The Morgan fingerprint density at radius 3 is 2.53 bits per heavy atom. The summed E-state index contributed by atoms with van der Waals surface area (Å²) < 4.78 is 0. The van der Waals surface area contributed by atoms with Crippen LogP contribution in [0.4, 0.5) is 0 Å². The summed E-state index contributed by atoms with van der Waals surface area (Å²) in [6, 6.07) is 15.2. The number of carbonyl (C=O) groups excluding carboxylic acids is 2. The van der Waals surface area contributed by atoms with Crippen molar-refractivity contribution in [3.8, 4) is 16.3 Å². The normalized spacial score (nSPS) is 16.1. The molecule has 2 aromatic carbocycles. The van der Waals surface area contributed by atoms with Crippen molar-refractivity contribution in [3.05, 3.63) is 82.1 Å². The van der Waals surface area contributed by atoms with Gasteiger partial charge in [0.05, 0.1) is 22.2 Å². The second-order valence-electron chi connectivity index (χ2n) is 8.54. The maximum absolute atomic E-state index is 13.8. The molecule has 0 saturated heterocycles. The molecule has 0 aliphatic carbocycles. The third kappa shape index (κ3) is 4.60. The molecule has 1 atom stereocenters. The standard InChI is InChI=1S/C26H27N3O4S/c1-16-24(34-25(27-16)17-9-5-4-6-10-17)22(31)20-21(18-11-7-12-19(30)15-18)29(26(33)23(20)32)14-8-13-28(2)3/h4-7,9-12,15,21,30,32H,8,13-14H2,1-3H3. The lowest BCUT2D eigenvalue weighted by atomic mass is 9.95. The molecule has 1 aliphatic heterocycles. The fourth-order valence-electron chi connectivity index (χ4n) is 4.15. The van der Waals surface area contributed by atoms with E-state index in [4.69, 9.17) is 0 Å². The van der Waals surface area contributed by atoms with Crippen molar-refractivity contribution in [2.75, 3.05) is 27.2 Å². The molecule has 34 heavy (non-hydrogen) atoms. The number of phenolic OH excluding ortho intramolecular Hbond substituents is 1. The van der Waals surface area contributed by atoms with Crippen molar-refractivity contribution in [3.63, 3.8) is 0 Å². The second-order valence-corrected chi connectivity index (χ2v) is 9.54. The number of aromatic hydroxyl groups is 1. The molecule has 2 N–H and O–H groups in total. The number of thiazole rings is 1. The van der Waals surface area contributed by atoms with E-state index in [9.17, 15) is 19.8 Å². The van der Waals surface area contributed by atoms with E-state index in [2.05, 4.69) is 4.98 Å². The predicted molar refractivity (Wildman–Crippen MR) is 132 cm³/mol. The third-order valence-corrected chi connectivity index (χ3v) is 6.97. The van der Waals surface area contributed by atoms with E-state index >= 15 is 0 Å². The molecule has 0 fully saturated rings. The van der Waals surface area contributed by atoms with Gasteiger partial charge in [0.15, 0.2) is 5.76 Å². The summed E-state index contributed by atoms with van der Waals surface area (Å²) in [5.74, 6) is -1.53. The smallest absolute Gasteiger partial charge is 0.290 e. The van der Waals surface area contributed by atoms with Crippen molar-refractivity contribution in [1.82, 2.24) is 14.8 Å². The van der Waals surface area contributed by atoms with Gasteiger partial charge in [0.25, 0.3) is 5.91 Å². The third-order valence-electron chi connectivity index (χ3n) is 5.76. The zero-order valence-electron chi connectivity index (χ0n) is 19.4. The van der Waals surface area contributed by atoms with E-state index < -0.39 is 23.5 Å². The van der Waals surface area contributed by atoms with Gasteiger partial charge < -0.3 is 20.0 Å². The Bertz CT molecular complexity index is 1250. The molecule has 176 valence electrons. The van der Waals surface area contributed by atoms with Crippen molar-refractivity contribution < 1.29 is 19.8 Å². The maximum atomic E-state index is 13.8. The molecule has 3 aromatic rings. The van der Waals surface area contributed by atoms with E-state index in [0.29, 0.717) is 34.1 Å². The lowest BCUT2D eigenvalue weighted by Gasteiger charge is -2.27. The summed E-state index contributed by atoms with van der Waals surface area (Å²) in [5, 5.41) is 21.6. The number of hydrogen-bond acceptors (Lipinski definition) is 7. The van der Waals surface area contributed by atoms with E-state index in [1.54, 1.807) is 19.1 Å². The Hall–Kier alpha value is -3.49. The van der Waals surface area contributed by atoms with Gasteiger partial charge in [0.2, 0.25) is 5.78 Å². The molecule has 8 heteroatoms. The highest BCUT2D eigenvalue weighted by molar-refractivity contribution is 7.17. The number of aliphatic hydroxyl groups excluding tert-OH is 1. The molecule has 4 rings (SSSR count). The molecule has 2 heterocycles. The molecule has 1 amide bonds. The Morgan fingerprint density at radius 1 is 1.12 bits per heavy atom. The summed E-state index contributed by atoms with van der Waals surface area (Å²) in [4.78, 5) is 35.3. The Balaban J connectivity index is 1.74. The van der Waals surface area contributed by atoms with Crippen molar-refractivity contribution in [2.45, 2.75) is 19.4 Å². The van der Waals surface area contributed by atoms with Crippen molar-refractivity contribution >= 4 is 23.0 Å². The van der Waals surface area contributed by atoms with Crippen LogP contribution in [0.2, 0.25) is 0 Å². The first-order chi connectivity index (χ1) is 16.3. The van der Waals surface area contributed by atoms with Gasteiger partial charge in [-0.05, 0) is 51.7 Å². The monoisotopic (exact) mass is 477 g/mol. The number of carbonyl (C=O) groups is 2. The van der Waals surface area contributed by atoms with Crippen LogP contribution >= 0.6 is 11.3 Å². The van der Waals surface area contributed by atoms with Gasteiger partial charge in [-0.3, -0.25) is 9.59 Å². The van der Waals surface area contributed by atoms with E-state index in [0.717, 1.165) is 12.1 Å². The number of amides is 1. The number of Topliss-reactive ketones (excluding diaryl/α,β-unsaturated/α-hetero) is 1. The quantitative estimate of drug-likeness (QED) is 0.469. The van der Waals surface area contributed by atoms with Crippen LogP contribution < -0.4 is 0 Å². The van der Waals surface area contributed by atoms with Crippen LogP contribution in [0.15, 0.2) is 65.9 Å². The largest absolute Gasteiger partial charge is 0.508 e. The summed E-state index contributed by atoms with van der Waals surface area (Å²) >= 11 is 1.24. The molecule has 0 spiro atoms. The van der Waals surface area contributed by atoms with E-state index in [1.807, 2.05) is 49.3 Å². The van der Waals surface area contributed by atoms with Crippen LogP contribution in [-0.4, -0.2) is 63.9 Å². The molecular weight excluding hydrogens is 450 g/mol. The van der Waals surface area contributed by atoms with Gasteiger partial charge in [0.1, 0.15) is 10.8 Å². The highest BCUT2D eigenvalue weighted by Gasteiger charge is 2.44. The molecule has 1 unspecified atom stereocenters.